The van der Waals surface area contributed by atoms with Crippen molar-refractivity contribution < 1.29 is 18.7 Å². The van der Waals surface area contributed by atoms with Crippen LogP contribution in [0.2, 0.25) is 0 Å². The lowest BCUT2D eigenvalue weighted by atomic mass is 10.0. The molecule has 0 unspecified atom stereocenters. The standard InChI is InChI=1S/C15H22BrN3O4/c1-15(2,19-5-7-22-8-6-19)10-18-13(20)9-17-14(21)11-3-4-12(16)23-11/h3-4H,5-10H2,1-2H3,(H,17,21)(H,18,20). The van der Waals surface area contributed by atoms with Gasteiger partial charge in [-0.3, -0.25) is 14.5 Å². The number of hydrogen-bond acceptors (Lipinski definition) is 5. The fourth-order valence-corrected chi connectivity index (χ4v) is 2.65. The molecule has 8 heteroatoms. The van der Waals surface area contributed by atoms with Gasteiger partial charge in [0, 0.05) is 25.2 Å². The zero-order valence-corrected chi connectivity index (χ0v) is 14.9. The molecule has 23 heavy (non-hydrogen) atoms. The summed E-state index contributed by atoms with van der Waals surface area (Å²) in [5, 5.41) is 5.38. The summed E-state index contributed by atoms with van der Waals surface area (Å²) in [6, 6.07) is 3.17. The number of carbonyl (C=O) groups is 2. The highest BCUT2D eigenvalue weighted by atomic mass is 79.9. The van der Waals surface area contributed by atoms with E-state index in [0.717, 1.165) is 13.1 Å². The first kappa shape index (κ1) is 18.0. The van der Waals surface area contributed by atoms with Crippen molar-refractivity contribution in [3.05, 3.63) is 22.6 Å². The maximum atomic E-state index is 11.9. The van der Waals surface area contributed by atoms with Gasteiger partial charge in [-0.2, -0.15) is 0 Å². The molecule has 2 rings (SSSR count). The van der Waals surface area contributed by atoms with E-state index >= 15 is 0 Å². The van der Waals surface area contributed by atoms with Crippen molar-refractivity contribution in [1.29, 1.82) is 0 Å². The lowest BCUT2D eigenvalue weighted by molar-refractivity contribution is -0.120. The van der Waals surface area contributed by atoms with Crippen LogP contribution < -0.4 is 10.6 Å². The Hall–Kier alpha value is -1.38. The maximum Gasteiger partial charge on any atom is 0.287 e. The van der Waals surface area contributed by atoms with Gasteiger partial charge in [-0.15, -0.1) is 0 Å². The van der Waals surface area contributed by atoms with Gasteiger partial charge in [0.1, 0.15) is 0 Å². The van der Waals surface area contributed by atoms with Crippen LogP contribution >= 0.6 is 15.9 Å². The normalized spacial score (nSPS) is 16.1. The van der Waals surface area contributed by atoms with Gasteiger partial charge in [-0.1, -0.05) is 0 Å². The van der Waals surface area contributed by atoms with Crippen molar-refractivity contribution in [3.8, 4) is 0 Å². The Morgan fingerprint density at radius 1 is 1.26 bits per heavy atom. The first-order valence-electron chi connectivity index (χ1n) is 7.51. The predicted octanol–water partition coefficient (Wildman–Crippen LogP) is 0.999. The van der Waals surface area contributed by atoms with E-state index in [1.807, 2.05) is 0 Å². The molecule has 0 atom stereocenters. The van der Waals surface area contributed by atoms with Gasteiger partial charge in [0.05, 0.1) is 19.8 Å². The van der Waals surface area contributed by atoms with E-state index in [-0.39, 0.29) is 23.8 Å². The molecule has 0 saturated carbocycles. The van der Waals surface area contributed by atoms with E-state index in [2.05, 4.69) is 45.3 Å². The summed E-state index contributed by atoms with van der Waals surface area (Å²) in [6.45, 7) is 7.72. The van der Waals surface area contributed by atoms with E-state index in [9.17, 15) is 9.59 Å². The Balaban J connectivity index is 1.73. The molecule has 7 nitrogen and oxygen atoms in total. The smallest absolute Gasteiger partial charge is 0.287 e. The van der Waals surface area contributed by atoms with E-state index in [1.165, 1.54) is 0 Å². The Bertz CT molecular complexity index is 553. The van der Waals surface area contributed by atoms with Crippen LogP contribution in [0.5, 0.6) is 0 Å². The highest BCUT2D eigenvalue weighted by Gasteiger charge is 2.28. The molecule has 2 heterocycles. The van der Waals surface area contributed by atoms with E-state index < -0.39 is 5.91 Å². The van der Waals surface area contributed by atoms with Crippen LogP contribution in [0, 0.1) is 0 Å². The van der Waals surface area contributed by atoms with Crippen molar-refractivity contribution in [2.45, 2.75) is 19.4 Å². The summed E-state index contributed by atoms with van der Waals surface area (Å²) in [5.41, 5.74) is -0.157. The lowest BCUT2D eigenvalue weighted by Gasteiger charge is -2.40. The number of furan rings is 1. The molecule has 0 spiro atoms. The topological polar surface area (TPSA) is 83.8 Å². The molecule has 0 radical (unpaired) electrons. The van der Waals surface area contributed by atoms with Crippen LogP contribution in [0.1, 0.15) is 24.4 Å². The molecule has 1 aromatic rings. The van der Waals surface area contributed by atoms with Crippen LogP contribution in [0.25, 0.3) is 0 Å². The maximum absolute atomic E-state index is 11.9. The fraction of sp³-hybridized carbons (Fsp3) is 0.600. The molecule has 1 fully saturated rings. The third-order valence-corrected chi connectivity index (χ3v) is 4.22. The third-order valence-electron chi connectivity index (χ3n) is 3.79. The summed E-state index contributed by atoms with van der Waals surface area (Å²) in [6.07, 6.45) is 0. The zero-order valence-electron chi connectivity index (χ0n) is 13.4. The number of nitrogens with one attached hydrogen (secondary N) is 2. The Kier molecular flexibility index (Phi) is 6.20. The summed E-state index contributed by atoms with van der Waals surface area (Å²) >= 11 is 3.13. The minimum Gasteiger partial charge on any atom is -0.444 e. The van der Waals surface area contributed by atoms with Gasteiger partial charge in [0.2, 0.25) is 5.91 Å². The molecule has 1 aliphatic heterocycles. The second kappa shape index (κ2) is 7.94. The van der Waals surface area contributed by atoms with E-state index in [0.29, 0.717) is 24.4 Å². The quantitative estimate of drug-likeness (QED) is 0.760. The average Bonchev–Trinajstić information content (AvgIpc) is 2.98. The van der Waals surface area contributed by atoms with Crippen LogP contribution in [0.3, 0.4) is 0 Å². The molecule has 1 saturated heterocycles. The highest BCUT2D eigenvalue weighted by Crippen LogP contribution is 2.15. The molecule has 0 bridgehead atoms. The predicted molar refractivity (Wildman–Crippen MR) is 88.2 cm³/mol. The summed E-state index contributed by atoms with van der Waals surface area (Å²) in [7, 11) is 0. The Labute approximate surface area is 143 Å². The number of morpholine rings is 1. The zero-order chi connectivity index (χ0) is 16.9. The summed E-state index contributed by atoms with van der Waals surface area (Å²) < 4.78 is 10.9. The van der Waals surface area contributed by atoms with Crippen molar-refractivity contribution in [1.82, 2.24) is 15.5 Å². The number of ether oxygens (including phenoxy) is 1. The molecule has 2 N–H and O–H groups in total. The number of carbonyl (C=O) groups excluding carboxylic acids is 2. The van der Waals surface area contributed by atoms with Crippen molar-refractivity contribution >= 4 is 27.7 Å². The molecule has 128 valence electrons. The SMILES string of the molecule is CC(C)(CNC(=O)CNC(=O)c1ccc(Br)o1)N1CCOCC1. The number of amides is 2. The second-order valence-electron chi connectivity index (χ2n) is 5.98. The van der Waals surface area contributed by atoms with E-state index in [4.69, 9.17) is 9.15 Å². The molecular weight excluding hydrogens is 366 g/mol. The van der Waals surface area contributed by atoms with Crippen LogP contribution in [0.4, 0.5) is 0 Å². The molecule has 0 aromatic carbocycles. The third kappa shape index (κ3) is 5.33. The second-order valence-corrected chi connectivity index (χ2v) is 6.76. The summed E-state index contributed by atoms with van der Waals surface area (Å²) in [5.74, 6) is -0.484. The highest BCUT2D eigenvalue weighted by molar-refractivity contribution is 9.10. The van der Waals surface area contributed by atoms with Crippen molar-refractivity contribution in [2.75, 3.05) is 39.4 Å². The summed E-state index contributed by atoms with van der Waals surface area (Å²) in [4.78, 5) is 26.0. The molecule has 1 aromatic heterocycles. The van der Waals surface area contributed by atoms with Crippen LogP contribution in [0.15, 0.2) is 21.2 Å². The van der Waals surface area contributed by atoms with Crippen LogP contribution in [-0.2, 0) is 9.53 Å². The first-order chi connectivity index (χ1) is 10.9. The van der Waals surface area contributed by atoms with Crippen molar-refractivity contribution in [3.63, 3.8) is 0 Å². The van der Waals surface area contributed by atoms with Crippen LogP contribution in [-0.4, -0.2) is 61.6 Å². The van der Waals surface area contributed by atoms with Gasteiger partial charge >= 0.3 is 0 Å². The molecule has 2 amide bonds. The Morgan fingerprint density at radius 3 is 2.57 bits per heavy atom. The van der Waals surface area contributed by atoms with Gasteiger partial charge in [0.15, 0.2) is 10.4 Å². The number of nitrogens with zero attached hydrogens (tertiary/aromatic N) is 1. The average molecular weight is 388 g/mol. The largest absolute Gasteiger partial charge is 0.444 e. The fourth-order valence-electron chi connectivity index (χ4n) is 2.34. The number of rotatable bonds is 6. The minimum absolute atomic E-state index is 0.0870. The van der Waals surface area contributed by atoms with Gasteiger partial charge in [0.25, 0.3) is 5.91 Å². The van der Waals surface area contributed by atoms with E-state index in [1.54, 1.807) is 12.1 Å². The number of hydrogen-bond donors (Lipinski definition) is 2. The molecule has 1 aliphatic rings. The molecular formula is C15H22BrN3O4. The Morgan fingerprint density at radius 2 is 1.96 bits per heavy atom. The monoisotopic (exact) mass is 387 g/mol. The minimum atomic E-state index is -0.418. The van der Waals surface area contributed by atoms with Gasteiger partial charge in [-0.05, 0) is 41.9 Å². The van der Waals surface area contributed by atoms with Gasteiger partial charge in [-0.25, -0.2) is 0 Å². The molecule has 0 aliphatic carbocycles. The first-order valence-corrected chi connectivity index (χ1v) is 8.31. The number of halogens is 1. The van der Waals surface area contributed by atoms with Gasteiger partial charge < -0.3 is 19.8 Å². The van der Waals surface area contributed by atoms with Crippen molar-refractivity contribution in [2.24, 2.45) is 0 Å². The lowest BCUT2D eigenvalue weighted by Crippen LogP contribution is -2.56.